The Labute approximate surface area is 104 Å². The minimum Gasteiger partial charge on any atom is -0.384 e. The molecule has 6 heteroatoms. The Morgan fingerprint density at radius 2 is 2.12 bits per heavy atom. The van der Waals surface area contributed by atoms with E-state index in [1.165, 1.54) is 7.11 Å². The second-order valence-corrected chi connectivity index (χ2v) is 6.13. The van der Waals surface area contributed by atoms with Gasteiger partial charge in [0.05, 0.1) is 18.0 Å². The summed E-state index contributed by atoms with van der Waals surface area (Å²) < 4.78 is 31.4. The van der Waals surface area contributed by atoms with Crippen LogP contribution in [0.25, 0.3) is 0 Å². The van der Waals surface area contributed by atoms with Crippen molar-refractivity contribution in [3.05, 3.63) is 28.2 Å². The number of nitrogens with one attached hydrogen (secondary N) is 1. The van der Waals surface area contributed by atoms with Crippen LogP contribution in [0.5, 0.6) is 0 Å². The van der Waals surface area contributed by atoms with Gasteiger partial charge < -0.3 is 4.74 Å². The highest BCUT2D eigenvalue weighted by molar-refractivity contribution is 9.10. The molecule has 1 aromatic carbocycles. The summed E-state index contributed by atoms with van der Waals surface area (Å²) in [6.07, 6.45) is 0. The molecule has 16 heavy (non-hydrogen) atoms. The molecule has 0 atom stereocenters. The molecular formula is C10H14BrNO3S. The van der Waals surface area contributed by atoms with Gasteiger partial charge in [-0.05, 0) is 30.7 Å². The molecule has 0 fully saturated rings. The van der Waals surface area contributed by atoms with Crippen LogP contribution in [0.3, 0.4) is 0 Å². The van der Waals surface area contributed by atoms with E-state index in [1.807, 2.05) is 13.0 Å². The van der Waals surface area contributed by atoms with Gasteiger partial charge in [-0.1, -0.05) is 15.9 Å². The van der Waals surface area contributed by atoms with Crippen molar-refractivity contribution in [3.8, 4) is 0 Å². The highest BCUT2D eigenvalue weighted by Gasteiger charge is 2.11. The van der Waals surface area contributed by atoms with Crippen LogP contribution in [-0.2, 0) is 14.8 Å². The fourth-order valence-electron chi connectivity index (χ4n) is 1.15. The van der Waals surface area contributed by atoms with E-state index in [-0.39, 0.29) is 12.4 Å². The van der Waals surface area contributed by atoms with E-state index in [0.29, 0.717) is 5.69 Å². The molecule has 1 rings (SSSR count). The molecule has 0 aliphatic carbocycles. The number of aryl methyl sites for hydroxylation is 1. The van der Waals surface area contributed by atoms with Gasteiger partial charge in [0.1, 0.15) is 0 Å². The molecule has 0 heterocycles. The van der Waals surface area contributed by atoms with Crippen LogP contribution in [0.1, 0.15) is 5.56 Å². The minimum atomic E-state index is -3.32. The molecule has 0 aliphatic rings. The number of hydrogen-bond donors (Lipinski definition) is 1. The molecule has 0 aromatic heterocycles. The van der Waals surface area contributed by atoms with Gasteiger partial charge in [0, 0.05) is 11.6 Å². The summed E-state index contributed by atoms with van der Waals surface area (Å²) in [6.45, 7) is 2.03. The van der Waals surface area contributed by atoms with Gasteiger partial charge in [-0.15, -0.1) is 0 Å². The van der Waals surface area contributed by atoms with Crippen molar-refractivity contribution in [3.63, 3.8) is 0 Å². The number of halogens is 1. The van der Waals surface area contributed by atoms with Crippen molar-refractivity contribution < 1.29 is 13.2 Å². The Morgan fingerprint density at radius 1 is 1.44 bits per heavy atom. The highest BCUT2D eigenvalue weighted by atomic mass is 79.9. The van der Waals surface area contributed by atoms with E-state index in [2.05, 4.69) is 20.7 Å². The average molecular weight is 308 g/mol. The molecule has 1 N–H and O–H groups in total. The van der Waals surface area contributed by atoms with Gasteiger partial charge in [-0.2, -0.15) is 0 Å². The Balaban J connectivity index is 2.80. The van der Waals surface area contributed by atoms with Crippen LogP contribution in [0, 0.1) is 6.92 Å². The number of anilines is 1. The molecule has 0 saturated carbocycles. The van der Waals surface area contributed by atoms with E-state index in [1.54, 1.807) is 12.1 Å². The zero-order valence-electron chi connectivity index (χ0n) is 9.16. The summed E-state index contributed by atoms with van der Waals surface area (Å²) in [5, 5.41) is 0. The van der Waals surface area contributed by atoms with E-state index < -0.39 is 10.0 Å². The lowest BCUT2D eigenvalue weighted by Gasteiger charge is -2.10. The van der Waals surface area contributed by atoms with Gasteiger partial charge >= 0.3 is 0 Å². The van der Waals surface area contributed by atoms with Crippen LogP contribution >= 0.6 is 15.9 Å². The first-order valence-electron chi connectivity index (χ1n) is 4.70. The maximum Gasteiger partial charge on any atom is 0.235 e. The van der Waals surface area contributed by atoms with Crippen LogP contribution in [0.2, 0.25) is 0 Å². The van der Waals surface area contributed by atoms with Crippen LogP contribution in [0.15, 0.2) is 22.7 Å². The van der Waals surface area contributed by atoms with Gasteiger partial charge in [0.2, 0.25) is 10.0 Å². The Bertz CT molecular complexity index is 459. The summed E-state index contributed by atoms with van der Waals surface area (Å²) in [5.41, 5.74) is 1.47. The summed E-state index contributed by atoms with van der Waals surface area (Å²) in [5.74, 6) is -0.0427. The first kappa shape index (κ1) is 13.5. The fraction of sp³-hybridized carbons (Fsp3) is 0.400. The van der Waals surface area contributed by atoms with Crippen molar-refractivity contribution in [1.82, 2.24) is 0 Å². The largest absolute Gasteiger partial charge is 0.384 e. The first-order chi connectivity index (χ1) is 7.44. The number of sulfonamides is 1. The predicted molar refractivity (Wildman–Crippen MR) is 68.2 cm³/mol. The molecule has 0 bridgehead atoms. The zero-order valence-corrected chi connectivity index (χ0v) is 11.6. The number of methoxy groups -OCH3 is 1. The molecule has 90 valence electrons. The summed E-state index contributed by atoms with van der Waals surface area (Å²) >= 11 is 3.32. The second kappa shape index (κ2) is 5.65. The standard InChI is InChI=1S/C10H14BrNO3S/c1-8-7-9(11)3-4-10(8)12-16(13,14)6-5-15-2/h3-4,7,12H,5-6H2,1-2H3. The fourth-order valence-corrected chi connectivity index (χ4v) is 2.68. The highest BCUT2D eigenvalue weighted by Crippen LogP contribution is 2.20. The van der Waals surface area contributed by atoms with E-state index in [0.717, 1.165) is 10.0 Å². The van der Waals surface area contributed by atoms with Gasteiger partial charge in [0.25, 0.3) is 0 Å². The number of benzene rings is 1. The lowest BCUT2D eigenvalue weighted by molar-refractivity contribution is 0.217. The zero-order chi connectivity index (χ0) is 12.2. The topological polar surface area (TPSA) is 55.4 Å². The number of hydrogen-bond acceptors (Lipinski definition) is 3. The Morgan fingerprint density at radius 3 is 2.69 bits per heavy atom. The minimum absolute atomic E-state index is 0.0427. The predicted octanol–water partition coefficient (Wildman–Crippen LogP) is 2.15. The molecule has 0 amide bonds. The quantitative estimate of drug-likeness (QED) is 0.907. The molecule has 1 aromatic rings. The summed E-state index contributed by atoms with van der Waals surface area (Å²) in [7, 11) is -1.85. The van der Waals surface area contributed by atoms with Crippen molar-refractivity contribution >= 4 is 31.6 Å². The molecule has 0 radical (unpaired) electrons. The molecular weight excluding hydrogens is 294 g/mol. The third-order valence-electron chi connectivity index (χ3n) is 2.01. The van der Waals surface area contributed by atoms with E-state index in [4.69, 9.17) is 4.74 Å². The lowest BCUT2D eigenvalue weighted by Crippen LogP contribution is -2.20. The number of rotatable bonds is 5. The summed E-state index contributed by atoms with van der Waals surface area (Å²) in [4.78, 5) is 0. The van der Waals surface area contributed by atoms with Crippen LogP contribution in [-0.4, -0.2) is 27.9 Å². The molecule has 0 saturated heterocycles. The van der Waals surface area contributed by atoms with Crippen molar-refractivity contribution in [2.75, 3.05) is 24.2 Å². The van der Waals surface area contributed by atoms with Gasteiger partial charge in [-0.25, -0.2) is 8.42 Å². The third-order valence-corrected chi connectivity index (χ3v) is 3.74. The van der Waals surface area contributed by atoms with Gasteiger partial charge in [0.15, 0.2) is 0 Å². The van der Waals surface area contributed by atoms with Crippen LogP contribution in [0.4, 0.5) is 5.69 Å². The SMILES string of the molecule is COCCS(=O)(=O)Nc1ccc(Br)cc1C. The average Bonchev–Trinajstić information content (AvgIpc) is 2.19. The summed E-state index contributed by atoms with van der Waals surface area (Å²) in [6, 6.07) is 5.37. The Hall–Kier alpha value is -0.590. The number of ether oxygens (including phenoxy) is 1. The third kappa shape index (κ3) is 4.11. The maximum atomic E-state index is 11.6. The van der Waals surface area contributed by atoms with Crippen molar-refractivity contribution in [2.45, 2.75) is 6.92 Å². The van der Waals surface area contributed by atoms with Crippen LogP contribution < -0.4 is 4.72 Å². The van der Waals surface area contributed by atoms with E-state index >= 15 is 0 Å². The molecule has 0 unspecified atom stereocenters. The second-order valence-electron chi connectivity index (χ2n) is 3.37. The maximum absolute atomic E-state index is 11.6. The first-order valence-corrected chi connectivity index (χ1v) is 7.15. The van der Waals surface area contributed by atoms with Crippen molar-refractivity contribution in [2.24, 2.45) is 0 Å². The molecule has 0 aliphatic heterocycles. The Kier molecular flexibility index (Phi) is 4.76. The monoisotopic (exact) mass is 307 g/mol. The molecule has 0 spiro atoms. The lowest BCUT2D eigenvalue weighted by atomic mass is 10.2. The normalized spacial score (nSPS) is 11.4. The van der Waals surface area contributed by atoms with Crippen molar-refractivity contribution in [1.29, 1.82) is 0 Å². The van der Waals surface area contributed by atoms with Gasteiger partial charge in [-0.3, -0.25) is 4.72 Å². The van der Waals surface area contributed by atoms with E-state index in [9.17, 15) is 8.42 Å². The smallest absolute Gasteiger partial charge is 0.235 e. The molecule has 4 nitrogen and oxygen atoms in total.